The van der Waals surface area contributed by atoms with E-state index in [9.17, 15) is 24.3 Å². The summed E-state index contributed by atoms with van der Waals surface area (Å²) in [6, 6.07) is 21.5. The molecule has 0 radical (unpaired) electrons. The van der Waals surface area contributed by atoms with Crippen molar-refractivity contribution in [3.8, 4) is 0 Å². The van der Waals surface area contributed by atoms with Crippen LogP contribution in [0.15, 0.2) is 72.8 Å². The number of pyridine rings is 1. The van der Waals surface area contributed by atoms with Crippen LogP contribution >= 0.6 is 0 Å². The Morgan fingerprint density at radius 2 is 1.64 bits per heavy atom. The number of amides is 5. The number of hydrogen-bond donors (Lipinski definition) is 5. The number of carboxylic acid groups (broad SMARTS) is 1. The predicted molar refractivity (Wildman–Crippen MR) is 212 cm³/mol. The van der Waals surface area contributed by atoms with Gasteiger partial charge in [-0.25, -0.2) is 14.6 Å². The summed E-state index contributed by atoms with van der Waals surface area (Å²) >= 11 is 0. The van der Waals surface area contributed by atoms with Crippen LogP contribution in [0.1, 0.15) is 75.5 Å². The summed E-state index contributed by atoms with van der Waals surface area (Å²) in [5.74, 6) is -0.860. The molecule has 0 saturated carbocycles. The molecule has 4 rings (SSSR count). The van der Waals surface area contributed by atoms with Gasteiger partial charge in [0, 0.05) is 44.8 Å². The molecule has 5 N–H and O–H groups in total. The summed E-state index contributed by atoms with van der Waals surface area (Å²) in [5.41, 5.74) is 6.90. The molecule has 0 bridgehead atoms. The molecule has 1 aromatic heterocycles. The van der Waals surface area contributed by atoms with Gasteiger partial charge in [-0.1, -0.05) is 102 Å². The molecule has 1 fully saturated rings. The lowest BCUT2D eigenvalue weighted by Crippen LogP contribution is -2.58. The Hall–Kier alpha value is -5.01. The van der Waals surface area contributed by atoms with E-state index >= 15 is 0 Å². The summed E-state index contributed by atoms with van der Waals surface area (Å²) in [5, 5.41) is 28.2. The minimum absolute atomic E-state index is 0.0240. The standard InChI is InChI=1S/C42H59N7O6/c1-7-29(3)38(49-22-21-47(41(49)55)26-34-16-12-13-30(4)44-34)39(52)45-35(23-32-14-10-9-11-15-32)36(50)27-48(25-33-19-17-31(8-2)18-20-33)46-37(51)24-42(5,6)28-43-40(53)54/h9-20,29,35-36,38,43,50H,7-8,21-28H2,1-6H3,(H,45,52)(H,46,51)(H,53,54). The number of benzene rings is 2. The fraction of sp³-hybridized carbons (Fsp3) is 0.500. The maximum Gasteiger partial charge on any atom is 0.404 e. The lowest BCUT2D eigenvalue weighted by Gasteiger charge is -2.35. The van der Waals surface area contributed by atoms with Crippen molar-refractivity contribution < 1.29 is 29.4 Å². The van der Waals surface area contributed by atoms with E-state index in [1.165, 1.54) is 5.56 Å². The van der Waals surface area contributed by atoms with Crippen molar-refractivity contribution in [3.05, 3.63) is 101 Å². The first-order valence-corrected chi connectivity index (χ1v) is 19.3. The van der Waals surface area contributed by atoms with Crippen LogP contribution in [0.3, 0.4) is 0 Å². The molecule has 3 aromatic rings. The van der Waals surface area contributed by atoms with Gasteiger partial charge in [-0.2, -0.15) is 0 Å². The fourth-order valence-corrected chi connectivity index (χ4v) is 6.87. The van der Waals surface area contributed by atoms with E-state index in [1.807, 2.05) is 93.6 Å². The largest absolute Gasteiger partial charge is 0.465 e. The molecule has 5 amide bonds. The molecule has 2 aromatic carbocycles. The lowest BCUT2D eigenvalue weighted by atomic mass is 9.89. The SMILES string of the molecule is CCc1ccc(CN(CC(O)C(Cc2ccccc2)NC(=O)C(C(C)CC)N2CCN(Cc3cccc(C)n3)C2=O)NC(=O)CC(C)(C)CNC(=O)O)cc1. The van der Waals surface area contributed by atoms with Crippen molar-refractivity contribution in [2.75, 3.05) is 26.2 Å². The summed E-state index contributed by atoms with van der Waals surface area (Å²) in [6.45, 7) is 13.0. The van der Waals surface area contributed by atoms with Crippen molar-refractivity contribution in [1.82, 2.24) is 35.9 Å². The second kappa shape index (κ2) is 20.1. The Kier molecular flexibility index (Phi) is 15.6. The first kappa shape index (κ1) is 42.7. The second-order valence-corrected chi connectivity index (χ2v) is 15.5. The highest BCUT2D eigenvalue weighted by Crippen LogP contribution is 2.23. The first-order valence-electron chi connectivity index (χ1n) is 19.3. The van der Waals surface area contributed by atoms with Gasteiger partial charge in [0.1, 0.15) is 6.04 Å². The predicted octanol–water partition coefficient (Wildman–Crippen LogP) is 4.91. The van der Waals surface area contributed by atoms with E-state index in [4.69, 9.17) is 5.11 Å². The molecule has 1 aliphatic rings. The maximum absolute atomic E-state index is 14.4. The molecule has 1 aliphatic heterocycles. The van der Waals surface area contributed by atoms with E-state index in [0.29, 0.717) is 32.5 Å². The molecule has 2 heterocycles. The average molecular weight is 758 g/mol. The molecule has 4 atom stereocenters. The van der Waals surface area contributed by atoms with Gasteiger partial charge in [0.2, 0.25) is 11.8 Å². The van der Waals surface area contributed by atoms with Crippen LogP contribution in [0.5, 0.6) is 0 Å². The summed E-state index contributed by atoms with van der Waals surface area (Å²) < 4.78 is 0. The maximum atomic E-state index is 14.4. The number of carbonyl (C=O) groups is 4. The van der Waals surface area contributed by atoms with Crippen LogP contribution in [0.2, 0.25) is 0 Å². The number of aliphatic hydroxyl groups excluding tert-OH is 1. The van der Waals surface area contributed by atoms with Crippen molar-refractivity contribution in [1.29, 1.82) is 0 Å². The van der Waals surface area contributed by atoms with Gasteiger partial charge in [-0.15, -0.1) is 0 Å². The number of carbonyl (C=O) groups excluding carboxylic acids is 3. The van der Waals surface area contributed by atoms with E-state index < -0.39 is 29.7 Å². The molecule has 4 unspecified atom stereocenters. The van der Waals surface area contributed by atoms with Gasteiger partial charge in [-0.3, -0.25) is 20.0 Å². The third kappa shape index (κ3) is 13.1. The van der Waals surface area contributed by atoms with Crippen molar-refractivity contribution >= 4 is 23.9 Å². The highest BCUT2D eigenvalue weighted by atomic mass is 16.4. The molecule has 55 heavy (non-hydrogen) atoms. The molecule has 0 aliphatic carbocycles. The van der Waals surface area contributed by atoms with Crippen molar-refractivity contribution in [2.24, 2.45) is 11.3 Å². The Bertz CT molecular complexity index is 1720. The molecule has 13 heteroatoms. The van der Waals surface area contributed by atoms with Crippen LogP contribution in [-0.2, 0) is 35.5 Å². The van der Waals surface area contributed by atoms with E-state index in [-0.39, 0.29) is 49.8 Å². The van der Waals surface area contributed by atoms with Crippen LogP contribution in [0.4, 0.5) is 9.59 Å². The number of nitrogens with zero attached hydrogens (tertiary/aromatic N) is 4. The molecule has 298 valence electrons. The van der Waals surface area contributed by atoms with Gasteiger partial charge >= 0.3 is 12.1 Å². The quantitative estimate of drug-likeness (QED) is 0.101. The van der Waals surface area contributed by atoms with Gasteiger partial charge in [0.25, 0.3) is 0 Å². The monoisotopic (exact) mass is 757 g/mol. The number of urea groups is 1. The van der Waals surface area contributed by atoms with Crippen molar-refractivity contribution in [2.45, 2.75) is 98.5 Å². The topological polar surface area (TPSA) is 167 Å². The second-order valence-electron chi connectivity index (χ2n) is 15.5. The Balaban J connectivity index is 1.56. The van der Waals surface area contributed by atoms with E-state index in [2.05, 4.69) is 28.0 Å². The Morgan fingerprint density at radius 1 is 0.945 bits per heavy atom. The zero-order valence-corrected chi connectivity index (χ0v) is 33.1. The van der Waals surface area contributed by atoms with Gasteiger partial charge in [-0.05, 0) is 59.9 Å². The molecule has 13 nitrogen and oxygen atoms in total. The summed E-state index contributed by atoms with van der Waals surface area (Å²) in [4.78, 5) is 60.7. The van der Waals surface area contributed by atoms with E-state index in [0.717, 1.165) is 28.9 Å². The minimum Gasteiger partial charge on any atom is -0.465 e. The zero-order valence-electron chi connectivity index (χ0n) is 33.1. The molecule has 1 saturated heterocycles. The first-order chi connectivity index (χ1) is 26.2. The Labute approximate surface area is 325 Å². The molecular formula is C42H59N7O6. The highest BCUT2D eigenvalue weighted by Gasteiger charge is 2.41. The number of aryl methyl sites for hydroxylation is 2. The Morgan fingerprint density at radius 3 is 2.27 bits per heavy atom. The molecule has 0 spiro atoms. The number of rotatable bonds is 20. The fourth-order valence-electron chi connectivity index (χ4n) is 6.87. The van der Waals surface area contributed by atoms with E-state index in [1.54, 1.807) is 28.7 Å². The third-order valence-corrected chi connectivity index (χ3v) is 10.2. The van der Waals surface area contributed by atoms with Crippen LogP contribution in [-0.4, -0.2) is 98.3 Å². The number of aromatic nitrogens is 1. The normalized spacial score (nSPS) is 15.4. The van der Waals surface area contributed by atoms with Crippen LogP contribution < -0.4 is 16.1 Å². The minimum atomic E-state index is -1.16. The summed E-state index contributed by atoms with van der Waals surface area (Å²) in [6.07, 6.45) is -0.444. The van der Waals surface area contributed by atoms with Gasteiger partial charge in [0.05, 0.1) is 24.4 Å². The van der Waals surface area contributed by atoms with Gasteiger partial charge in [0.15, 0.2) is 0 Å². The zero-order chi connectivity index (χ0) is 40.1. The molecular weight excluding hydrogens is 699 g/mol. The van der Waals surface area contributed by atoms with Gasteiger partial charge < -0.3 is 30.6 Å². The van der Waals surface area contributed by atoms with Crippen LogP contribution in [0, 0.1) is 18.3 Å². The lowest BCUT2D eigenvalue weighted by molar-refractivity contribution is -0.131. The third-order valence-electron chi connectivity index (χ3n) is 10.2. The van der Waals surface area contributed by atoms with Crippen LogP contribution in [0.25, 0.3) is 0 Å². The number of aliphatic hydroxyl groups is 1. The summed E-state index contributed by atoms with van der Waals surface area (Å²) in [7, 11) is 0. The van der Waals surface area contributed by atoms with Crippen molar-refractivity contribution in [3.63, 3.8) is 0 Å². The average Bonchev–Trinajstić information content (AvgIpc) is 3.49. The number of hydrazine groups is 1. The smallest absolute Gasteiger partial charge is 0.404 e. The number of hydrogen-bond acceptors (Lipinski definition) is 7. The number of nitrogens with one attached hydrogen (secondary N) is 3. The highest BCUT2D eigenvalue weighted by molar-refractivity contribution is 5.88.